The second-order valence-electron chi connectivity index (χ2n) is 23.3. The van der Waals surface area contributed by atoms with Crippen LogP contribution in [0, 0.1) is 0 Å². The number of unbranched alkanes of at least 4 members (excludes halogenated alkanes) is 25. The van der Waals surface area contributed by atoms with Crippen molar-refractivity contribution < 1.29 is 50.7 Å². The highest BCUT2D eigenvalue weighted by Crippen LogP contribution is 2.29. The molecule has 0 saturated carbocycles. The van der Waals surface area contributed by atoms with Crippen LogP contribution in [0.4, 0.5) is 0 Å². The number of likely N-dealkylation sites (tertiary alicyclic amines) is 3. The number of aliphatic hydroxyl groups excluding tert-OH is 9. The van der Waals surface area contributed by atoms with E-state index in [-0.39, 0.29) is 18.1 Å². The van der Waals surface area contributed by atoms with E-state index >= 15 is 0 Å². The van der Waals surface area contributed by atoms with E-state index < -0.39 is 54.9 Å². The van der Waals surface area contributed by atoms with Gasteiger partial charge in [0, 0.05) is 44.3 Å². The number of piperidine rings is 3. The third kappa shape index (κ3) is 28.3. The van der Waals surface area contributed by atoms with Gasteiger partial charge in [0.15, 0.2) is 0 Å². The van der Waals surface area contributed by atoms with Gasteiger partial charge in [-0.1, -0.05) is 227 Å². The molecule has 3 heterocycles. The summed E-state index contributed by atoms with van der Waals surface area (Å²) < 4.78 is 5.20. The van der Waals surface area contributed by atoms with Gasteiger partial charge in [0.05, 0.1) is 43.7 Å². The fourth-order valence-electron chi connectivity index (χ4n) is 11.8. The summed E-state index contributed by atoms with van der Waals surface area (Å²) in [4.78, 5) is 6.54. The number of ether oxygens (including phenoxy) is 1. The minimum atomic E-state index is -1.06. The molecule has 3 aliphatic heterocycles. The van der Waals surface area contributed by atoms with Crippen molar-refractivity contribution in [2.24, 2.45) is 0 Å². The molecule has 13 heteroatoms. The van der Waals surface area contributed by atoms with E-state index in [4.69, 9.17) is 4.74 Å². The van der Waals surface area contributed by atoms with Crippen LogP contribution in [0.1, 0.15) is 252 Å². The van der Waals surface area contributed by atoms with E-state index in [0.29, 0.717) is 26.2 Å². The number of rotatable bonds is 38. The first-order chi connectivity index (χ1) is 36.8. The predicted molar refractivity (Wildman–Crippen MR) is 313 cm³/mol. The number of hydrogen-bond donors (Lipinski definition) is 9. The molecular weight excluding hydrogens is 959 g/mol. The summed E-state index contributed by atoms with van der Waals surface area (Å²) in [5.74, 6) is 0.813. The van der Waals surface area contributed by atoms with Crippen molar-refractivity contribution in [3.05, 3.63) is 29.8 Å². The lowest BCUT2D eigenvalue weighted by atomic mass is 9.89. The van der Waals surface area contributed by atoms with Gasteiger partial charge in [-0.05, 0) is 62.9 Å². The molecule has 1 aromatic carbocycles. The number of nitrogens with zero attached hydrogens (tertiary/aromatic N) is 3. The van der Waals surface area contributed by atoms with E-state index in [2.05, 4.69) is 49.3 Å². The molecular formula is C63H121N3O10. The largest absolute Gasteiger partial charge is 0.497 e. The lowest BCUT2D eigenvalue weighted by Crippen LogP contribution is -2.61. The summed E-state index contributed by atoms with van der Waals surface area (Å²) >= 11 is 0. The Labute approximate surface area is 465 Å². The van der Waals surface area contributed by atoms with Crippen molar-refractivity contribution in [1.82, 2.24) is 14.7 Å². The Balaban J connectivity index is 0.000000393. The standard InChI is InChI=1S/C23H47NO3.C22H37NO4.C18H37NO3/c1-3-5-7-9-11-13-15-17-20-22(26)23(27)21(25)19-24(20)18-16-14-12-10-8-6-4-2;1-3-4-5-6-7-8-9-10-19-21(25)22(26)20(24)16-23(19)15-17-11-13-18(27-2)14-12-17;1-3-5-7-8-9-10-11-12-15-17(21)18(22)16(20)14-19(15)13-6-4-2/h20-23,25-27H,3-19H2,1-2H3;11-14,19-22,24-26H,3-10,15-16H2,1-2H3;15-18,20-22H,3-14H2,1-2H3/t20-,21-,22?,23+;19-,20-,21?,22+;15-,16-,17?,18+/m111/s1. The fraction of sp³-hybridized carbons (Fsp3) is 0.905. The van der Waals surface area contributed by atoms with E-state index in [1.165, 1.54) is 148 Å². The first-order valence-electron chi connectivity index (χ1n) is 31.8. The minimum absolute atomic E-state index is 0.000548. The van der Waals surface area contributed by atoms with Crippen LogP contribution in [0.15, 0.2) is 24.3 Å². The van der Waals surface area contributed by atoms with Gasteiger partial charge in [0.2, 0.25) is 0 Å². The molecule has 0 aliphatic carbocycles. The normalized spacial score (nSPS) is 27.4. The van der Waals surface area contributed by atoms with Gasteiger partial charge in [0.1, 0.15) is 24.1 Å². The molecule has 3 fully saturated rings. The molecule has 3 aliphatic rings. The zero-order chi connectivity index (χ0) is 55.9. The number of benzene rings is 1. The maximum atomic E-state index is 10.5. The molecule has 0 aromatic heterocycles. The smallest absolute Gasteiger partial charge is 0.118 e. The maximum absolute atomic E-state index is 10.5. The Hall–Kier alpha value is -1.46. The highest BCUT2D eigenvalue weighted by Gasteiger charge is 2.43. The first-order valence-corrected chi connectivity index (χ1v) is 31.8. The van der Waals surface area contributed by atoms with Crippen molar-refractivity contribution in [2.75, 3.05) is 39.8 Å². The number of aliphatic hydroxyl groups is 9. The highest BCUT2D eigenvalue weighted by atomic mass is 16.5. The maximum Gasteiger partial charge on any atom is 0.118 e. The lowest BCUT2D eigenvalue weighted by Gasteiger charge is -2.44. The number of β-amino-alcohol motifs (C(OH)–C–C–N with tert-alkyl or cyclic N) is 3. The van der Waals surface area contributed by atoms with Crippen LogP contribution in [0.3, 0.4) is 0 Å². The van der Waals surface area contributed by atoms with Crippen molar-refractivity contribution in [1.29, 1.82) is 0 Å². The van der Waals surface area contributed by atoms with Gasteiger partial charge in [0.25, 0.3) is 0 Å². The molecule has 1 aromatic rings. The van der Waals surface area contributed by atoms with E-state index in [9.17, 15) is 46.0 Å². The highest BCUT2D eigenvalue weighted by molar-refractivity contribution is 5.27. The Morgan fingerprint density at radius 3 is 0.947 bits per heavy atom. The third-order valence-corrected chi connectivity index (χ3v) is 16.8. The molecule has 9 N–H and O–H groups in total. The molecule has 13 nitrogen and oxygen atoms in total. The molecule has 4 rings (SSSR count). The summed E-state index contributed by atoms with van der Waals surface area (Å²) in [5.41, 5.74) is 1.11. The average Bonchev–Trinajstić information content (AvgIpc) is 3.42. The lowest BCUT2D eigenvalue weighted by molar-refractivity contribution is -0.140. The molecule has 76 heavy (non-hydrogen) atoms. The average molecular weight is 1080 g/mol. The minimum Gasteiger partial charge on any atom is -0.497 e. The molecule has 0 spiro atoms. The quantitative estimate of drug-likeness (QED) is 0.0284. The fourth-order valence-corrected chi connectivity index (χ4v) is 11.8. The second-order valence-corrected chi connectivity index (χ2v) is 23.3. The Morgan fingerprint density at radius 2 is 0.618 bits per heavy atom. The summed E-state index contributed by atoms with van der Waals surface area (Å²) in [5, 5.41) is 91.6. The van der Waals surface area contributed by atoms with E-state index in [0.717, 1.165) is 88.6 Å². The van der Waals surface area contributed by atoms with Gasteiger partial charge in [-0.2, -0.15) is 0 Å². The van der Waals surface area contributed by atoms with Gasteiger partial charge in [-0.25, -0.2) is 0 Å². The summed E-state index contributed by atoms with van der Waals surface area (Å²) in [7, 11) is 1.64. The van der Waals surface area contributed by atoms with Crippen molar-refractivity contribution in [3.8, 4) is 5.75 Å². The van der Waals surface area contributed by atoms with Gasteiger partial charge < -0.3 is 50.7 Å². The van der Waals surface area contributed by atoms with E-state index in [1.54, 1.807) is 7.11 Å². The molecule has 0 radical (unpaired) electrons. The van der Waals surface area contributed by atoms with Crippen LogP contribution >= 0.6 is 0 Å². The Morgan fingerprint density at radius 1 is 0.342 bits per heavy atom. The second kappa shape index (κ2) is 44.2. The van der Waals surface area contributed by atoms with Gasteiger partial charge in [-0.3, -0.25) is 14.7 Å². The Bertz CT molecular complexity index is 1470. The van der Waals surface area contributed by atoms with Crippen LogP contribution in [0.5, 0.6) is 5.75 Å². The molecule has 12 atom stereocenters. The van der Waals surface area contributed by atoms with Crippen LogP contribution in [-0.4, -0.2) is 174 Å². The zero-order valence-corrected chi connectivity index (χ0v) is 49.6. The summed E-state index contributed by atoms with van der Waals surface area (Å²) in [6.45, 7) is 14.9. The van der Waals surface area contributed by atoms with Crippen molar-refractivity contribution in [2.45, 2.75) is 326 Å². The van der Waals surface area contributed by atoms with Gasteiger partial charge >= 0.3 is 0 Å². The predicted octanol–water partition coefficient (Wildman–Crippen LogP) is 10.4. The van der Waals surface area contributed by atoms with Crippen LogP contribution in [0.25, 0.3) is 0 Å². The van der Waals surface area contributed by atoms with Crippen LogP contribution < -0.4 is 4.74 Å². The topological polar surface area (TPSA) is 201 Å². The van der Waals surface area contributed by atoms with Crippen molar-refractivity contribution >= 4 is 0 Å². The molecule has 3 saturated heterocycles. The molecule has 448 valence electrons. The SMILES string of the molecule is CCCCCCCCC[C@@H]1C(O)[C@@H](O)[C@H](O)CN1CCCC.CCCCCCCCC[C@@H]1C(O)[C@@H](O)[C@H](O)CN1CCCCCCCCC.CCCCCCCCC[C@@H]1C(O)[C@@H](O)[C@H](O)CN1Cc1ccc(OC)cc1. The molecule has 3 unspecified atom stereocenters. The first kappa shape index (κ1) is 70.6. The summed E-state index contributed by atoms with van der Waals surface area (Å²) in [6.07, 6.45) is 31.8. The monoisotopic (exact) mass is 1080 g/mol. The summed E-state index contributed by atoms with van der Waals surface area (Å²) in [6, 6.07) is 7.74. The van der Waals surface area contributed by atoms with Gasteiger partial charge in [-0.15, -0.1) is 0 Å². The molecule has 0 amide bonds. The zero-order valence-electron chi connectivity index (χ0n) is 49.6. The van der Waals surface area contributed by atoms with E-state index in [1.807, 2.05) is 24.3 Å². The molecule has 0 bridgehead atoms. The number of methoxy groups -OCH3 is 1. The third-order valence-electron chi connectivity index (χ3n) is 16.8. The van der Waals surface area contributed by atoms with Crippen LogP contribution in [0.2, 0.25) is 0 Å². The number of hydrogen-bond acceptors (Lipinski definition) is 13. The van der Waals surface area contributed by atoms with Crippen LogP contribution in [-0.2, 0) is 6.54 Å². The van der Waals surface area contributed by atoms with Crippen molar-refractivity contribution in [3.63, 3.8) is 0 Å². The Kier molecular flexibility index (Phi) is 41.1.